The highest BCUT2D eigenvalue weighted by Gasteiger charge is 2.28. The highest BCUT2D eigenvalue weighted by atomic mass is 16.2. The van der Waals surface area contributed by atoms with Gasteiger partial charge < -0.3 is 15.5 Å². The van der Waals surface area contributed by atoms with Gasteiger partial charge in [0.1, 0.15) is 0 Å². The first-order chi connectivity index (χ1) is 13.6. The van der Waals surface area contributed by atoms with Crippen LogP contribution in [0, 0.1) is 5.92 Å². The first kappa shape index (κ1) is 19.4. The van der Waals surface area contributed by atoms with Crippen molar-refractivity contribution in [2.24, 2.45) is 11.7 Å². The second-order valence-corrected chi connectivity index (χ2v) is 8.66. The maximum atomic E-state index is 12.1. The van der Waals surface area contributed by atoms with E-state index in [0.29, 0.717) is 18.9 Å². The van der Waals surface area contributed by atoms with Gasteiger partial charge in [0.2, 0.25) is 11.8 Å². The molecule has 2 amide bonds. The molecule has 0 aromatic heterocycles. The molecule has 0 bridgehead atoms. The number of piperidine rings is 3. The number of nitrogens with one attached hydrogen (secondary N) is 1. The number of carbonyl (C=O) groups is 2. The molecule has 1 atom stereocenters. The summed E-state index contributed by atoms with van der Waals surface area (Å²) in [7, 11) is 0. The van der Waals surface area contributed by atoms with Crippen LogP contribution < -0.4 is 16.0 Å². The fourth-order valence-electron chi connectivity index (χ4n) is 4.80. The molecule has 6 heteroatoms. The monoisotopic (exact) mass is 384 g/mol. The number of nitrogens with zero attached hydrogens (tertiary/aromatic N) is 2. The zero-order valence-corrected chi connectivity index (χ0v) is 16.6. The molecule has 3 saturated heterocycles. The molecular formula is C22H32N4O2. The van der Waals surface area contributed by atoms with Crippen LogP contribution in [0.15, 0.2) is 24.3 Å². The normalized spacial score (nSPS) is 25.8. The van der Waals surface area contributed by atoms with Crippen LogP contribution >= 0.6 is 0 Å². The molecule has 152 valence electrons. The molecular weight excluding hydrogens is 352 g/mol. The molecule has 0 spiro atoms. The fourth-order valence-corrected chi connectivity index (χ4v) is 4.80. The van der Waals surface area contributed by atoms with Gasteiger partial charge in [-0.05, 0) is 68.8 Å². The number of carbonyl (C=O) groups excluding carboxylic acids is 2. The Bertz CT molecular complexity index is 689. The van der Waals surface area contributed by atoms with Crippen molar-refractivity contribution in [3.05, 3.63) is 29.8 Å². The molecule has 3 aliphatic heterocycles. The van der Waals surface area contributed by atoms with E-state index in [9.17, 15) is 9.59 Å². The Kier molecular flexibility index (Phi) is 5.97. The lowest BCUT2D eigenvalue weighted by atomic mass is 9.90. The SMILES string of the molecule is NC1CCN(CC2CCN(c3ccc(C4CCC(=O)NC4=O)cc3)CC2)CC1. The predicted molar refractivity (Wildman–Crippen MR) is 110 cm³/mol. The number of amides is 2. The summed E-state index contributed by atoms with van der Waals surface area (Å²) in [6.45, 7) is 5.72. The van der Waals surface area contributed by atoms with Crippen molar-refractivity contribution in [2.45, 2.75) is 50.5 Å². The first-order valence-corrected chi connectivity index (χ1v) is 10.7. The summed E-state index contributed by atoms with van der Waals surface area (Å²) < 4.78 is 0. The minimum Gasteiger partial charge on any atom is -0.372 e. The van der Waals surface area contributed by atoms with Gasteiger partial charge in [-0.1, -0.05) is 12.1 Å². The second-order valence-electron chi connectivity index (χ2n) is 8.66. The van der Waals surface area contributed by atoms with E-state index >= 15 is 0 Å². The lowest BCUT2D eigenvalue weighted by molar-refractivity contribution is -0.134. The summed E-state index contributed by atoms with van der Waals surface area (Å²) in [5.41, 5.74) is 8.26. The number of likely N-dealkylation sites (tertiary alicyclic amines) is 1. The highest BCUT2D eigenvalue weighted by molar-refractivity contribution is 6.00. The molecule has 3 fully saturated rings. The smallest absolute Gasteiger partial charge is 0.234 e. The molecule has 6 nitrogen and oxygen atoms in total. The fraction of sp³-hybridized carbons (Fsp3) is 0.636. The topological polar surface area (TPSA) is 78.7 Å². The molecule has 4 rings (SSSR count). The van der Waals surface area contributed by atoms with Gasteiger partial charge in [-0.2, -0.15) is 0 Å². The van der Waals surface area contributed by atoms with Gasteiger partial charge in [0.25, 0.3) is 0 Å². The van der Waals surface area contributed by atoms with Crippen LogP contribution in [0.4, 0.5) is 5.69 Å². The van der Waals surface area contributed by atoms with Crippen molar-refractivity contribution in [1.29, 1.82) is 0 Å². The van der Waals surface area contributed by atoms with E-state index in [4.69, 9.17) is 5.73 Å². The van der Waals surface area contributed by atoms with Gasteiger partial charge in [-0.3, -0.25) is 14.9 Å². The largest absolute Gasteiger partial charge is 0.372 e. The van der Waals surface area contributed by atoms with E-state index in [1.165, 1.54) is 25.1 Å². The Balaban J connectivity index is 1.28. The molecule has 1 aromatic rings. The highest BCUT2D eigenvalue weighted by Crippen LogP contribution is 2.29. The summed E-state index contributed by atoms with van der Waals surface area (Å²) in [5, 5.41) is 2.45. The van der Waals surface area contributed by atoms with E-state index in [1.807, 2.05) is 0 Å². The lowest BCUT2D eigenvalue weighted by Crippen LogP contribution is -2.44. The number of nitrogens with two attached hydrogens (primary N) is 1. The quantitative estimate of drug-likeness (QED) is 0.775. The number of anilines is 1. The number of benzene rings is 1. The van der Waals surface area contributed by atoms with Crippen LogP contribution in [0.3, 0.4) is 0 Å². The van der Waals surface area contributed by atoms with Crippen molar-refractivity contribution in [3.63, 3.8) is 0 Å². The van der Waals surface area contributed by atoms with E-state index in [-0.39, 0.29) is 17.7 Å². The minimum absolute atomic E-state index is 0.159. The van der Waals surface area contributed by atoms with Crippen LogP contribution in [0.1, 0.15) is 50.0 Å². The molecule has 3 aliphatic rings. The van der Waals surface area contributed by atoms with Crippen molar-refractivity contribution < 1.29 is 9.59 Å². The Morgan fingerprint density at radius 1 is 0.929 bits per heavy atom. The third-order valence-corrected chi connectivity index (χ3v) is 6.66. The van der Waals surface area contributed by atoms with Crippen LogP contribution in [-0.2, 0) is 9.59 Å². The number of hydrogen-bond acceptors (Lipinski definition) is 5. The Morgan fingerprint density at radius 2 is 1.61 bits per heavy atom. The van der Waals surface area contributed by atoms with Gasteiger partial charge in [0, 0.05) is 37.8 Å². The van der Waals surface area contributed by atoms with Gasteiger partial charge >= 0.3 is 0 Å². The minimum atomic E-state index is -0.199. The van der Waals surface area contributed by atoms with Crippen LogP contribution in [0.2, 0.25) is 0 Å². The number of rotatable bonds is 4. The molecule has 1 unspecified atom stereocenters. The maximum absolute atomic E-state index is 12.1. The van der Waals surface area contributed by atoms with E-state index in [1.54, 1.807) is 0 Å². The van der Waals surface area contributed by atoms with Crippen LogP contribution in [0.5, 0.6) is 0 Å². The molecule has 1 aromatic carbocycles. The van der Waals surface area contributed by atoms with Gasteiger partial charge in [0.15, 0.2) is 0 Å². The van der Waals surface area contributed by atoms with Crippen molar-refractivity contribution in [1.82, 2.24) is 10.2 Å². The van der Waals surface area contributed by atoms with Crippen molar-refractivity contribution in [2.75, 3.05) is 37.6 Å². The van der Waals surface area contributed by atoms with Crippen LogP contribution in [0.25, 0.3) is 0 Å². The van der Waals surface area contributed by atoms with E-state index < -0.39 is 0 Å². The third-order valence-electron chi connectivity index (χ3n) is 6.66. The molecule has 0 saturated carbocycles. The third kappa shape index (κ3) is 4.55. The van der Waals surface area contributed by atoms with Crippen LogP contribution in [-0.4, -0.2) is 55.5 Å². The number of imide groups is 1. The predicted octanol–water partition coefficient (Wildman–Crippen LogP) is 1.85. The van der Waals surface area contributed by atoms with Crippen molar-refractivity contribution in [3.8, 4) is 0 Å². The average molecular weight is 385 g/mol. The molecule has 0 radical (unpaired) electrons. The van der Waals surface area contributed by atoms with E-state index in [2.05, 4.69) is 39.4 Å². The summed E-state index contributed by atoms with van der Waals surface area (Å²) in [6, 6.07) is 8.77. The Morgan fingerprint density at radius 3 is 2.25 bits per heavy atom. The lowest BCUT2D eigenvalue weighted by Gasteiger charge is -2.38. The van der Waals surface area contributed by atoms with Crippen molar-refractivity contribution >= 4 is 17.5 Å². The zero-order valence-electron chi connectivity index (χ0n) is 16.6. The Hall–Kier alpha value is -1.92. The maximum Gasteiger partial charge on any atom is 0.234 e. The molecule has 3 N–H and O–H groups in total. The summed E-state index contributed by atoms with van der Waals surface area (Å²) >= 11 is 0. The first-order valence-electron chi connectivity index (χ1n) is 10.7. The summed E-state index contributed by atoms with van der Waals surface area (Å²) in [5.74, 6) is 0.264. The second kappa shape index (κ2) is 8.62. The van der Waals surface area contributed by atoms with Gasteiger partial charge in [-0.25, -0.2) is 0 Å². The summed E-state index contributed by atoms with van der Waals surface area (Å²) in [6.07, 6.45) is 5.77. The molecule has 28 heavy (non-hydrogen) atoms. The molecule has 3 heterocycles. The Labute approximate surface area is 167 Å². The summed E-state index contributed by atoms with van der Waals surface area (Å²) in [4.78, 5) is 28.4. The zero-order chi connectivity index (χ0) is 19.5. The van der Waals surface area contributed by atoms with E-state index in [0.717, 1.165) is 50.5 Å². The molecule has 0 aliphatic carbocycles. The number of hydrogen-bond donors (Lipinski definition) is 2. The van der Waals surface area contributed by atoms with Gasteiger partial charge in [-0.15, -0.1) is 0 Å². The average Bonchev–Trinajstić information content (AvgIpc) is 2.71. The standard InChI is InChI=1S/C22H32N4O2/c23-18-9-11-25(12-10-18)15-16-7-13-26(14-8-16)19-3-1-17(2-4-19)20-5-6-21(27)24-22(20)28/h1-4,16,18,20H,5-15,23H2,(H,24,27,28). The van der Waals surface area contributed by atoms with Gasteiger partial charge in [0.05, 0.1) is 5.92 Å².